The molecule has 1 aromatic heterocycles. The minimum absolute atomic E-state index is 0.347. The molecule has 1 aliphatic rings. The molecule has 0 atom stereocenters. The van der Waals surface area contributed by atoms with Crippen LogP contribution in [-0.2, 0) is 15.9 Å². The molecule has 134 valence electrons. The minimum Gasteiger partial charge on any atom is -0.399 e. The first kappa shape index (κ1) is 18.4. The highest BCUT2D eigenvalue weighted by Gasteiger charge is 2.53. The zero-order chi connectivity index (χ0) is 18.6. The van der Waals surface area contributed by atoms with Crippen LogP contribution in [0.25, 0.3) is 0 Å². The van der Waals surface area contributed by atoms with E-state index in [2.05, 4.69) is 5.10 Å². The van der Waals surface area contributed by atoms with Gasteiger partial charge < -0.3 is 9.31 Å². The summed E-state index contributed by atoms with van der Waals surface area (Å²) in [6, 6.07) is 4.41. The van der Waals surface area contributed by atoms with E-state index in [0.717, 1.165) is 22.4 Å². The Morgan fingerprint density at radius 3 is 2.32 bits per heavy atom. The summed E-state index contributed by atoms with van der Waals surface area (Å²) in [6.45, 7) is 12.5. The molecule has 1 fully saturated rings. The van der Waals surface area contributed by atoms with E-state index in [1.807, 2.05) is 46.2 Å². The zero-order valence-corrected chi connectivity index (χ0v) is 16.2. The fourth-order valence-corrected chi connectivity index (χ4v) is 3.20. The van der Waals surface area contributed by atoms with E-state index in [0.29, 0.717) is 11.6 Å². The van der Waals surface area contributed by atoms with Crippen LogP contribution in [0.1, 0.15) is 44.6 Å². The molecule has 1 saturated heterocycles. The van der Waals surface area contributed by atoms with Crippen LogP contribution in [0.15, 0.2) is 18.2 Å². The fourth-order valence-electron chi connectivity index (χ4n) is 2.98. The molecular formula is C18H23BClFN2O2. The summed E-state index contributed by atoms with van der Waals surface area (Å²) in [5.74, 6) is -0.347. The molecule has 2 heterocycles. The molecule has 7 heteroatoms. The quantitative estimate of drug-likeness (QED) is 0.780. The average molecular weight is 365 g/mol. The van der Waals surface area contributed by atoms with Crippen molar-refractivity contribution in [2.45, 2.75) is 59.3 Å². The number of aromatic nitrogens is 2. The van der Waals surface area contributed by atoms with Crippen LogP contribution in [-0.4, -0.2) is 28.1 Å². The number of halogens is 2. The van der Waals surface area contributed by atoms with Gasteiger partial charge in [0.05, 0.1) is 23.4 Å². The Morgan fingerprint density at radius 1 is 1.16 bits per heavy atom. The Labute approximate surface area is 153 Å². The van der Waals surface area contributed by atoms with Crippen LogP contribution in [0.4, 0.5) is 4.39 Å². The first-order valence-corrected chi connectivity index (χ1v) is 8.73. The number of hydrogen-bond donors (Lipinski definition) is 0. The molecular weight excluding hydrogens is 341 g/mol. The van der Waals surface area contributed by atoms with Crippen molar-refractivity contribution < 1.29 is 13.7 Å². The third-order valence-corrected chi connectivity index (χ3v) is 5.61. The summed E-state index contributed by atoms with van der Waals surface area (Å²) in [5, 5.41) is 5.01. The van der Waals surface area contributed by atoms with Crippen LogP contribution >= 0.6 is 11.6 Å². The standard InChI is InChI=1S/C18H23BClFN2O2/c1-11-16(19-24-17(3,4)18(5,6)25-19)12(2)23(22-11)10-13-7-8-14(21)9-15(13)20/h7-9H,10H2,1-6H3. The van der Waals surface area contributed by atoms with Crippen LogP contribution in [0.5, 0.6) is 0 Å². The Morgan fingerprint density at radius 2 is 1.76 bits per heavy atom. The fraction of sp³-hybridized carbons (Fsp3) is 0.500. The van der Waals surface area contributed by atoms with Gasteiger partial charge in [0.1, 0.15) is 5.82 Å². The second-order valence-electron chi connectivity index (χ2n) is 7.57. The normalized spacial score (nSPS) is 18.8. The summed E-state index contributed by atoms with van der Waals surface area (Å²) in [4.78, 5) is 0. The van der Waals surface area contributed by atoms with Gasteiger partial charge in [0.15, 0.2) is 0 Å². The van der Waals surface area contributed by atoms with Crippen molar-refractivity contribution in [3.05, 3.63) is 46.0 Å². The van der Waals surface area contributed by atoms with Gasteiger partial charge in [-0.15, -0.1) is 0 Å². The van der Waals surface area contributed by atoms with Gasteiger partial charge in [-0.3, -0.25) is 4.68 Å². The lowest BCUT2D eigenvalue weighted by Gasteiger charge is -2.32. The highest BCUT2D eigenvalue weighted by Crippen LogP contribution is 2.37. The highest BCUT2D eigenvalue weighted by molar-refractivity contribution is 6.63. The molecule has 0 N–H and O–H groups in total. The van der Waals surface area contributed by atoms with E-state index >= 15 is 0 Å². The van der Waals surface area contributed by atoms with Crippen molar-refractivity contribution in [2.24, 2.45) is 0 Å². The van der Waals surface area contributed by atoms with Crippen LogP contribution in [0, 0.1) is 19.7 Å². The highest BCUT2D eigenvalue weighted by atomic mass is 35.5. The van der Waals surface area contributed by atoms with Gasteiger partial charge >= 0.3 is 7.12 Å². The molecule has 0 radical (unpaired) electrons. The van der Waals surface area contributed by atoms with Gasteiger partial charge in [-0.05, 0) is 59.2 Å². The first-order chi connectivity index (χ1) is 11.5. The Balaban J connectivity index is 1.92. The summed E-state index contributed by atoms with van der Waals surface area (Å²) >= 11 is 6.15. The van der Waals surface area contributed by atoms with E-state index in [1.165, 1.54) is 12.1 Å². The predicted octanol–water partition coefficient (Wildman–Crippen LogP) is 3.64. The SMILES string of the molecule is Cc1nn(Cc2ccc(F)cc2Cl)c(C)c1B1OC(C)(C)C(C)(C)O1. The number of benzene rings is 1. The molecule has 3 rings (SSSR count). The first-order valence-electron chi connectivity index (χ1n) is 8.35. The minimum atomic E-state index is -0.456. The topological polar surface area (TPSA) is 36.3 Å². The molecule has 25 heavy (non-hydrogen) atoms. The Kier molecular flexibility index (Phi) is 4.50. The molecule has 0 bridgehead atoms. The maximum absolute atomic E-state index is 13.2. The van der Waals surface area contributed by atoms with Crippen molar-refractivity contribution >= 4 is 24.2 Å². The second-order valence-corrected chi connectivity index (χ2v) is 7.97. The lowest BCUT2D eigenvalue weighted by Crippen LogP contribution is -2.41. The van der Waals surface area contributed by atoms with Crippen LogP contribution in [0.3, 0.4) is 0 Å². The van der Waals surface area contributed by atoms with E-state index in [-0.39, 0.29) is 5.82 Å². The predicted molar refractivity (Wildman–Crippen MR) is 97.9 cm³/mol. The van der Waals surface area contributed by atoms with Gasteiger partial charge in [0, 0.05) is 16.2 Å². The Hall–Kier alpha value is -1.37. The molecule has 0 saturated carbocycles. The monoisotopic (exact) mass is 364 g/mol. The lowest BCUT2D eigenvalue weighted by atomic mass is 9.77. The lowest BCUT2D eigenvalue weighted by molar-refractivity contribution is 0.00578. The third kappa shape index (κ3) is 3.23. The van der Waals surface area contributed by atoms with Gasteiger partial charge in [-0.1, -0.05) is 17.7 Å². The molecule has 0 amide bonds. The molecule has 1 aromatic carbocycles. The smallest absolute Gasteiger partial charge is 0.399 e. The van der Waals surface area contributed by atoms with Crippen molar-refractivity contribution in [3.8, 4) is 0 Å². The molecule has 4 nitrogen and oxygen atoms in total. The van der Waals surface area contributed by atoms with Gasteiger partial charge in [0.2, 0.25) is 0 Å². The molecule has 0 unspecified atom stereocenters. The number of rotatable bonds is 3. The number of aryl methyl sites for hydroxylation is 1. The van der Waals surface area contributed by atoms with Crippen molar-refractivity contribution in [1.82, 2.24) is 9.78 Å². The Bertz CT molecular complexity index is 804. The maximum atomic E-state index is 13.2. The summed E-state index contributed by atoms with van der Waals surface area (Å²) in [5.41, 5.74) is 2.76. The molecule has 0 spiro atoms. The van der Waals surface area contributed by atoms with Crippen LogP contribution < -0.4 is 5.46 Å². The second kappa shape index (κ2) is 6.11. The number of nitrogens with zero attached hydrogens (tertiary/aromatic N) is 2. The van der Waals surface area contributed by atoms with Gasteiger partial charge in [0.25, 0.3) is 0 Å². The van der Waals surface area contributed by atoms with E-state index in [9.17, 15) is 4.39 Å². The summed E-state index contributed by atoms with van der Waals surface area (Å²) < 4.78 is 27.4. The van der Waals surface area contributed by atoms with E-state index in [4.69, 9.17) is 20.9 Å². The number of hydrogen-bond acceptors (Lipinski definition) is 3. The van der Waals surface area contributed by atoms with Crippen molar-refractivity contribution in [2.75, 3.05) is 0 Å². The molecule has 2 aromatic rings. The zero-order valence-electron chi connectivity index (χ0n) is 15.5. The average Bonchev–Trinajstić information content (AvgIpc) is 2.86. The van der Waals surface area contributed by atoms with E-state index < -0.39 is 18.3 Å². The summed E-state index contributed by atoms with van der Waals surface area (Å²) in [6.07, 6.45) is 0. The molecule has 1 aliphatic heterocycles. The third-order valence-electron chi connectivity index (χ3n) is 5.26. The van der Waals surface area contributed by atoms with Crippen molar-refractivity contribution in [3.63, 3.8) is 0 Å². The van der Waals surface area contributed by atoms with Gasteiger partial charge in [-0.2, -0.15) is 5.10 Å². The van der Waals surface area contributed by atoms with Crippen LogP contribution in [0.2, 0.25) is 5.02 Å². The summed E-state index contributed by atoms with van der Waals surface area (Å²) in [7, 11) is -0.456. The molecule has 0 aliphatic carbocycles. The maximum Gasteiger partial charge on any atom is 0.498 e. The largest absolute Gasteiger partial charge is 0.498 e. The van der Waals surface area contributed by atoms with Crippen molar-refractivity contribution in [1.29, 1.82) is 0 Å². The van der Waals surface area contributed by atoms with Gasteiger partial charge in [-0.25, -0.2) is 4.39 Å². The van der Waals surface area contributed by atoms with E-state index in [1.54, 1.807) is 6.07 Å².